The predicted molar refractivity (Wildman–Crippen MR) is 142 cm³/mol. The summed E-state index contributed by atoms with van der Waals surface area (Å²) in [6.45, 7) is 10.6. The predicted octanol–water partition coefficient (Wildman–Crippen LogP) is 4.32. The first-order valence-electron chi connectivity index (χ1n) is 13.9. The Morgan fingerprint density at radius 2 is 1.57 bits per heavy atom. The number of esters is 4. The maximum atomic E-state index is 13.3. The van der Waals surface area contributed by atoms with Crippen LogP contribution in [-0.4, -0.2) is 60.0 Å². The van der Waals surface area contributed by atoms with Gasteiger partial charge in [-0.1, -0.05) is 43.7 Å². The average Bonchev–Trinajstić information content (AvgIpc) is 3.25. The molecule has 5 rings (SSSR count). The minimum Gasteiger partial charge on any atom is -0.463 e. The summed E-state index contributed by atoms with van der Waals surface area (Å²) in [6, 6.07) is 8.82. The molecule has 216 valence electrons. The Hall–Kier alpha value is -3.20. The molecule has 1 saturated carbocycles. The molecule has 4 aliphatic rings. The third-order valence-corrected chi connectivity index (χ3v) is 10.1. The quantitative estimate of drug-likeness (QED) is 0.305. The van der Waals surface area contributed by atoms with E-state index in [9.17, 15) is 19.2 Å². The average molecular weight is 555 g/mol. The zero-order valence-electron chi connectivity index (χ0n) is 24.0. The van der Waals surface area contributed by atoms with Crippen molar-refractivity contribution in [1.29, 1.82) is 0 Å². The van der Waals surface area contributed by atoms with Crippen LogP contribution in [0.4, 0.5) is 0 Å². The van der Waals surface area contributed by atoms with E-state index >= 15 is 0 Å². The molecule has 0 bridgehead atoms. The fraction of sp³-hybridized carbons (Fsp3) is 0.613. The van der Waals surface area contributed by atoms with Crippen LogP contribution >= 0.6 is 0 Å². The van der Waals surface area contributed by atoms with E-state index in [0.29, 0.717) is 24.8 Å². The summed E-state index contributed by atoms with van der Waals surface area (Å²) < 4.78 is 30.6. The second kappa shape index (κ2) is 9.72. The largest absolute Gasteiger partial charge is 0.463 e. The summed E-state index contributed by atoms with van der Waals surface area (Å²) in [4.78, 5) is 50.7. The lowest BCUT2D eigenvalue weighted by atomic mass is 9.41. The maximum Gasteiger partial charge on any atom is 0.338 e. The van der Waals surface area contributed by atoms with Crippen molar-refractivity contribution >= 4 is 23.9 Å². The number of ether oxygens (including phenoxy) is 5. The third kappa shape index (κ3) is 4.24. The van der Waals surface area contributed by atoms with Gasteiger partial charge in [-0.2, -0.15) is 0 Å². The van der Waals surface area contributed by atoms with Crippen molar-refractivity contribution in [2.45, 2.75) is 96.7 Å². The van der Waals surface area contributed by atoms with Crippen molar-refractivity contribution in [3.63, 3.8) is 0 Å². The molecule has 1 unspecified atom stereocenters. The van der Waals surface area contributed by atoms with Gasteiger partial charge in [-0.05, 0) is 38.8 Å². The lowest BCUT2D eigenvalue weighted by Crippen LogP contribution is -2.78. The van der Waals surface area contributed by atoms with Gasteiger partial charge in [0.2, 0.25) is 0 Å². The molecule has 1 aromatic carbocycles. The van der Waals surface area contributed by atoms with E-state index < -0.39 is 58.3 Å². The van der Waals surface area contributed by atoms with Crippen molar-refractivity contribution in [3.05, 3.63) is 47.5 Å². The first-order valence-corrected chi connectivity index (χ1v) is 13.9. The highest BCUT2D eigenvalue weighted by Gasteiger charge is 2.76. The number of carbonyl (C=O) groups excluding carboxylic acids is 4. The highest BCUT2D eigenvalue weighted by molar-refractivity contribution is 5.89. The van der Waals surface area contributed by atoms with Gasteiger partial charge >= 0.3 is 23.9 Å². The van der Waals surface area contributed by atoms with E-state index in [2.05, 4.69) is 6.92 Å². The molecule has 1 spiro atoms. The summed E-state index contributed by atoms with van der Waals surface area (Å²) in [6.07, 6.45) is 1.15. The van der Waals surface area contributed by atoms with Crippen LogP contribution in [0.1, 0.15) is 77.6 Å². The monoisotopic (exact) mass is 554 g/mol. The Bertz CT molecular complexity index is 1260. The van der Waals surface area contributed by atoms with E-state index in [-0.39, 0.29) is 24.9 Å². The van der Waals surface area contributed by atoms with Crippen LogP contribution in [0.5, 0.6) is 0 Å². The third-order valence-electron chi connectivity index (χ3n) is 10.1. The van der Waals surface area contributed by atoms with E-state index in [1.54, 1.807) is 24.3 Å². The lowest BCUT2D eigenvalue weighted by molar-refractivity contribution is -0.349. The van der Waals surface area contributed by atoms with E-state index in [4.69, 9.17) is 23.7 Å². The molecule has 2 saturated heterocycles. The standard InChI is InChI=1S/C31H38O9/c1-18-12-13-22(39-27(35)21-10-8-7-9-11-21)24-28(4)14-15-31(16-23(34)36-17-31)40-30(28,6)26(38-20(3)33)25(29(18,24)5)37-19(2)32/h7-12,22,24-26H,13-17H2,1-6H3/t22-,24?,25+,26+,28-,29+,30+,31+/m1/s1. The van der Waals surface area contributed by atoms with Crippen LogP contribution in [0.15, 0.2) is 42.0 Å². The second-order valence-electron chi connectivity index (χ2n) is 12.4. The van der Waals surface area contributed by atoms with Crippen molar-refractivity contribution in [3.8, 4) is 0 Å². The Kier molecular flexibility index (Phi) is 6.88. The molecular formula is C31H38O9. The number of hydrogen-bond donors (Lipinski definition) is 0. The van der Waals surface area contributed by atoms with Gasteiger partial charge < -0.3 is 23.7 Å². The highest BCUT2D eigenvalue weighted by Crippen LogP contribution is 2.68. The zero-order valence-corrected chi connectivity index (χ0v) is 24.0. The Morgan fingerprint density at radius 3 is 2.17 bits per heavy atom. The molecule has 0 radical (unpaired) electrons. The molecule has 1 aromatic rings. The summed E-state index contributed by atoms with van der Waals surface area (Å²) in [5, 5.41) is 0. The number of carbonyl (C=O) groups is 4. The zero-order chi connectivity index (χ0) is 29.1. The minimum absolute atomic E-state index is 0.0803. The van der Waals surface area contributed by atoms with Gasteiger partial charge in [0.1, 0.15) is 23.9 Å². The van der Waals surface area contributed by atoms with Crippen molar-refractivity contribution in [2.24, 2.45) is 16.7 Å². The van der Waals surface area contributed by atoms with Crippen LogP contribution < -0.4 is 0 Å². The molecule has 2 aliphatic heterocycles. The van der Waals surface area contributed by atoms with E-state index in [1.807, 2.05) is 32.9 Å². The van der Waals surface area contributed by atoms with Crippen LogP contribution in [0.25, 0.3) is 0 Å². The van der Waals surface area contributed by atoms with E-state index in [1.165, 1.54) is 13.8 Å². The second-order valence-corrected chi connectivity index (χ2v) is 12.4. The summed E-state index contributed by atoms with van der Waals surface area (Å²) in [5.74, 6) is -2.25. The molecule has 8 atom stereocenters. The molecule has 9 heteroatoms. The number of rotatable bonds is 4. The molecule has 9 nitrogen and oxygen atoms in total. The number of cyclic esters (lactones) is 1. The molecule has 0 aromatic heterocycles. The molecular weight excluding hydrogens is 516 g/mol. The van der Waals surface area contributed by atoms with Gasteiger partial charge in [0.05, 0.1) is 12.0 Å². The van der Waals surface area contributed by atoms with Crippen molar-refractivity contribution < 1.29 is 42.9 Å². The molecule has 2 aliphatic carbocycles. The normalized spacial score (nSPS) is 40.2. The molecule has 40 heavy (non-hydrogen) atoms. The topological polar surface area (TPSA) is 114 Å². The van der Waals surface area contributed by atoms with Gasteiger partial charge in [-0.3, -0.25) is 14.4 Å². The van der Waals surface area contributed by atoms with Gasteiger partial charge in [0.25, 0.3) is 0 Å². The minimum atomic E-state index is -1.22. The van der Waals surface area contributed by atoms with Crippen molar-refractivity contribution in [2.75, 3.05) is 6.61 Å². The van der Waals surface area contributed by atoms with Crippen LogP contribution in [0.3, 0.4) is 0 Å². The highest BCUT2D eigenvalue weighted by atomic mass is 16.6. The fourth-order valence-electron chi connectivity index (χ4n) is 7.97. The van der Waals surface area contributed by atoms with Gasteiger partial charge in [-0.25, -0.2) is 4.79 Å². The first-order chi connectivity index (χ1) is 18.8. The maximum absolute atomic E-state index is 13.3. The van der Waals surface area contributed by atoms with Crippen molar-refractivity contribution in [1.82, 2.24) is 0 Å². The Labute approximate surface area is 234 Å². The van der Waals surface area contributed by atoms with Gasteiger partial charge in [-0.15, -0.1) is 0 Å². The van der Waals surface area contributed by atoms with E-state index in [0.717, 1.165) is 5.57 Å². The SMILES string of the molecule is CC(=O)O[C@H]1[C@H](OC(C)=O)[C@]2(C)O[C@]3(CC[C@]2(C)C2[C@H](OC(=O)c4ccccc4)CC=C(C)[C@@]21C)COC(=O)C3. The Morgan fingerprint density at radius 1 is 0.925 bits per heavy atom. The fourth-order valence-corrected chi connectivity index (χ4v) is 7.97. The van der Waals surface area contributed by atoms with Gasteiger partial charge in [0.15, 0.2) is 12.2 Å². The molecule has 3 fully saturated rings. The van der Waals surface area contributed by atoms with Crippen LogP contribution in [0, 0.1) is 16.7 Å². The number of fused-ring (bicyclic) bond motifs is 3. The number of hydrogen-bond acceptors (Lipinski definition) is 9. The summed E-state index contributed by atoms with van der Waals surface area (Å²) in [5.41, 5.74) is -2.31. The Balaban J connectivity index is 1.67. The smallest absolute Gasteiger partial charge is 0.338 e. The molecule has 0 N–H and O–H groups in total. The number of benzene rings is 1. The first kappa shape index (κ1) is 28.3. The summed E-state index contributed by atoms with van der Waals surface area (Å²) >= 11 is 0. The molecule has 0 amide bonds. The van der Waals surface area contributed by atoms with Crippen LogP contribution in [-0.2, 0) is 38.1 Å². The molecule has 2 heterocycles. The van der Waals surface area contributed by atoms with Crippen LogP contribution in [0.2, 0.25) is 0 Å². The summed E-state index contributed by atoms with van der Waals surface area (Å²) in [7, 11) is 0. The van der Waals surface area contributed by atoms with Gasteiger partial charge in [0, 0.05) is 37.0 Å². The lowest BCUT2D eigenvalue weighted by Gasteiger charge is -2.70.